The summed E-state index contributed by atoms with van der Waals surface area (Å²) in [6.07, 6.45) is 0. The molecular weight excluding hydrogens is 209 g/mol. The van der Waals surface area contributed by atoms with Crippen LogP contribution >= 0.6 is 0 Å². The van der Waals surface area contributed by atoms with E-state index in [0.717, 1.165) is 4.46 Å². The second-order valence-electron chi connectivity index (χ2n) is 1.98. The minimum absolute atomic E-state index is 0.443. The van der Waals surface area contributed by atoms with E-state index < -0.39 is 21.2 Å². The Hall–Kier alpha value is -0.831. The van der Waals surface area contributed by atoms with Gasteiger partial charge in [-0.25, -0.2) is 0 Å². The number of carbonyl (C=O) groups is 1. The standard InChI is InChI=1S/C7H7NO2Se/c8-7(9)5-1-3-6(11-10)4-2-5/h1-4,10H,(H2,8,9). The topological polar surface area (TPSA) is 63.3 Å². The van der Waals surface area contributed by atoms with E-state index in [2.05, 4.69) is 0 Å². The molecule has 11 heavy (non-hydrogen) atoms. The third kappa shape index (κ3) is 2.05. The molecule has 1 aromatic carbocycles. The maximum absolute atomic E-state index is 10.6. The Labute approximate surface area is 70.7 Å². The van der Waals surface area contributed by atoms with Gasteiger partial charge in [0.25, 0.3) is 0 Å². The van der Waals surface area contributed by atoms with E-state index in [4.69, 9.17) is 9.92 Å². The zero-order valence-corrected chi connectivity index (χ0v) is 7.36. The summed E-state index contributed by atoms with van der Waals surface area (Å²) in [5.74, 6) is -0.443. The summed E-state index contributed by atoms with van der Waals surface area (Å²) in [6.45, 7) is 0. The number of hydrogen-bond acceptors (Lipinski definition) is 2. The van der Waals surface area contributed by atoms with Gasteiger partial charge in [0.1, 0.15) is 0 Å². The molecule has 0 saturated carbocycles. The van der Waals surface area contributed by atoms with Crippen LogP contribution in [0.4, 0.5) is 0 Å². The van der Waals surface area contributed by atoms with Gasteiger partial charge in [-0.05, 0) is 0 Å². The predicted octanol–water partition coefficient (Wildman–Crippen LogP) is -0.978. The molecule has 3 nitrogen and oxygen atoms in total. The van der Waals surface area contributed by atoms with Crippen LogP contribution in [0, 0.1) is 0 Å². The monoisotopic (exact) mass is 217 g/mol. The Morgan fingerprint density at radius 3 is 2.27 bits per heavy atom. The molecular formula is C7H7NO2Se. The van der Waals surface area contributed by atoms with Crippen LogP contribution in [-0.4, -0.2) is 25.4 Å². The van der Waals surface area contributed by atoms with E-state index in [1.165, 1.54) is 0 Å². The molecule has 58 valence electrons. The summed E-state index contributed by atoms with van der Waals surface area (Å²) in [5.41, 5.74) is 5.48. The molecule has 0 radical (unpaired) electrons. The van der Waals surface area contributed by atoms with Gasteiger partial charge < -0.3 is 0 Å². The van der Waals surface area contributed by atoms with Crippen molar-refractivity contribution in [1.82, 2.24) is 0 Å². The number of primary amides is 1. The molecule has 0 saturated heterocycles. The second-order valence-corrected chi connectivity index (χ2v) is 3.35. The fourth-order valence-corrected chi connectivity index (χ4v) is 1.22. The van der Waals surface area contributed by atoms with Gasteiger partial charge in [-0.2, -0.15) is 0 Å². The summed E-state index contributed by atoms with van der Waals surface area (Å²) in [7, 11) is 0. The summed E-state index contributed by atoms with van der Waals surface area (Å²) < 4.78 is 9.55. The molecule has 0 unspecified atom stereocenters. The fourth-order valence-electron chi connectivity index (χ4n) is 0.680. The molecule has 4 heteroatoms. The Bertz CT molecular complexity index is 258. The van der Waals surface area contributed by atoms with Crippen molar-refractivity contribution in [3.63, 3.8) is 0 Å². The molecule has 0 aromatic heterocycles. The average Bonchev–Trinajstić information content (AvgIpc) is 2.05. The summed E-state index contributed by atoms with van der Waals surface area (Å²) in [4.78, 5) is 10.6. The summed E-state index contributed by atoms with van der Waals surface area (Å²) >= 11 is -0.504. The third-order valence-corrected chi connectivity index (χ3v) is 2.26. The van der Waals surface area contributed by atoms with Crippen LogP contribution < -0.4 is 10.2 Å². The fraction of sp³-hybridized carbons (Fsp3) is 0. The number of amides is 1. The van der Waals surface area contributed by atoms with E-state index in [-0.39, 0.29) is 0 Å². The van der Waals surface area contributed by atoms with E-state index in [0.29, 0.717) is 5.56 Å². The molecule has 0 atom stereocenters. The molecule has 1 rings (SSSR count). The molecule has 3 N–H and O–H groups in total. The van der Waals surface area contributed by atoms with Crippen molar-refractivity contribution < 1.29 is 8.98 Å². The molecule has 1 aromatic rings. The first-order chi connectivity index (χ1) is 5.24. The van der Waals surface area contributed by atoms with Crippen LogP contribution in [0.2, 0.25) is 0 Å². The van der Waals surface area contributed by atoms with Gasteiger partial charge in [-0.3, -0.25) is 0 Å². The number of rotatable bonds is 2. The first kappa shape index (κ1) is 8.27. The van der Waals surface area contributed by atoms with Gasteiger partial charge in [0.15, 0.2) is 0 Å². The number of carbonyl (C=O) groups excluding carboxylic acids is 1. The molecule has 0 heterocycles. The summed E-state index contributed by atoms with van der Waals surface area (Å²) in [6, 6.07) is 6.60. The zero-order chi connectivity index (χ0) is 8.27. The van der Waals surface area contributed by atoms with Gasteiger partial charge in [0.2, 0.25) is 0 Å². The van der Waals surface area contributed by atoms with Crippen LogP contribution in [0.5, 0.6) is 0 Å². The molecule has 0 bridgehead atoms. The van der Waals surface area contributed by atoms with Crippen molar-refractivity contribution in [1.29, 1.82) is 0 Å². The Kier molecular flexibility index (Phi) is 2.65. The van der Waals surface area contributed by atoms with Crippen LogP contribution in [0.15, 0.2) is 24.3 Å². The van der Waals surface area contributed by atoms with Crippen molar-refractivity contribution >= 4 is 25.7 Å². The van der Waals surface area contributed by atoms with Crippen LogP contribution in [0.1, 0.15) is 10.4 Å². The van der Waals surface area contributed by atoms with Crippen molar-refractivity contribution in [3.05, 3.63) is 29.8 Å². The number of hydrogen-bond donors (Lipinski definition) is 2. The molecule has 0 aliphatic rings. The van der Waals surface area contributed by atoms with E-state index in [1.807, 2.05) is 0 Å². The van der Waals surface area contributed by atoms with Crippen molar-refractivity contribution in [2.24, 2.45) is 5.73 Å². The van der Waals surface area contributed by atoms with Gasteiger partial charge in [0.05, 0.1) is 0 Å². The van der Waals surface area contributed by atoms with E-state index in [9.17, 15) is 4.79 Å². The SMILES string of the molecule is NC(=O)c1ccc([Se]O)cc1. The Balaban J connectivity index is 2.91. The number of nitrogens with two attached hydrogens (primary N) is 1. The van der Waals surface area contributed by atoms with Crippen molar-refractivity contribution in [2.45, 2.75) is 0 Å². The van der Waals surface area contributed by atoms with Crippen molar-refractivity contribution in [2.75, 3.05) is 0 Å². The third-order valence-electron chi connectivity index (χ3n) is 1.24. The Morgan fingerprint density at radius 2 is 1.91 bits per heavy atom. The molecule has 0 spiro atoms. The van der Waals surface area contributed by atoms with Crippen LogP contribution in [-0.2, 0) is 0 Å². The van der Waals surface area contributed by atoms with Crippen molar-refractivity contribution in [3.8, 4) is 0 Å². The molecule has 1 amide bonds. The van der Waals surface area contributed by atoms with Gasteiger partial charge in [-0.15, -0.1) is 0 Å². The van der Waals surface area contributed by atoms with E-state index in [1.54, 1.807) is 24.3 Å². The van der Waals surface area contributed by atoms with Crippen LogP contribution in [0.25, 0.3) is 0 Å². The minimum atomic E-state index is -0.504. The first-order valence-electron chi connectivity index (χ1n) is 2.95. The van der Waals surface area contributed by atoms with Gasteiger partial charge >= 0.3 is 70.2 Å². The van der Waals surface area contributed by atoms with Crippen LogP contribution in [0.3, 0.4) is 0 Å². The predicted molar refractivity (Wildman–Crippen MR) is 42.6 cm³/mol. The Morgan fingerprint density at radius 1 is 1.36 bits per heavy atom. The molecule has 0 fully saturated rings. The molecule has 0 aliphatic carbocycles. The maximum atomic E-state index is 10.6. The second kappa shape index (κ2) is 3.53. The van der Waals surface area contributed by atoms with E-state index >= 15 is 0 Å². The number of benzene rings is 1. The quantitative estimate of drug-likeness (QED) is 0.624. The summed E-state index contributed by atoms with van der Waals surface area (Å²) in [5, 5.41) is 0. The average molecular weight is 216 g/mol. The normalized spacial score (nSPS) is 9.55. The zero-order valence-electron chi connectivity index (χ0n) is 5.65. The van der Waals surface area contributed by atoms with Gasteiger partial charge in [0, 0.05) is 0 Å². The first-order valence-corrected chi connectivity index (χ1v) is 4.57. The molecule has 0 aliphatic heterocycles. The van der Waals surface area contributed by atoms with Gasteiger partial charge in [-0.1, -0.05) is 0 Å².